The van der Waals surface area contributed by atoms with Crippen molar-refractivity contribution in [2.24, 2.45) is 7.05 Å². The van der Waals surface area contributed by atoms with E-state index in [0.717, 1.165) is 30.3 Å². The molecule has 0 unspecified atom stereocenters. The van der Waals surface area contributed by atoms with E-state index in [1.165, 1.54) is 29.7 Å². The van der Waals surface area contributed by atoms with Gasteiger partial charge in [0.05, 0.1) is 5.69 Å². The molecule has 1 fully saturated rings. The fourth-order valence-electron chi connectivity index (χ4n) is 3.76. The fraction of sp³-hybridized carbons (Fsp3) is 0.500. The second-order valence-corrected chi connectivity index (χ2v) is 6.51. The first kappa shape index (κ1) is 14.6. The zero-order valence-corrected chi connectivity index (χ0v) is 14.0. The van der Waals surface area contributed by atoms with Gasteiger partial charge in [-0.3, -0.25) is 9.58 Å². The van der Waals surface area contributed by atoms with Crippen molar-refractivity contribution in [3.05, 3.63) is 40.7 Å². The molecule has 5 nitrogen and oxygen atoms in total. The van der Waals surface area contributed by atoms with Crippen LogP contribution in [0.25, 0.3) is 0 Å². The Morgan fingerprint density at radius 3 is 2.83 bits per heavy atom. The predicted octanol–water partition coefficient (Wildman–Crippen LogP) is 3.10. The van der Waals surface area contributed by atoms with E-state index < -0.39 is 0 Å². The summed E-state index contributed by atoms with van der Waals surface area (Å²) in [5, 5.41) is 4.55. The molecule has 1 aromatic heterocycles. The number of rotatable bonds is 3. The molecule has 3 heterocycles. The van der Waals surface area contributed by atoms with E-state index in [4.69, 9.17) is 9.47 Å². The largest absolute Gasteiger partial charge is 0.454 e. The molecule has 1 aromatic carbocycles. The summed E-state index contributed by atoms with van der Waals surface area (Å²) in [5.41, 5.74) is 5.09. The third kappa shape index (κ3) is 2.49. The minimum absolute atomic E-state index is 0.335. The van der Waals surface area contributed by atoms with Crippen molar-refractivity contribution in [1.82, 2.24) is 14.7 Å². The SMILES string of the molecule is Cc1nn(C)c(C)c1CN1CCC[C@@H]1c1ccc2c(c1)OCO2. The van der Waals surface area contributed by atoms with Crippen molar-refractivity contribution in [1.29, 1.82) is 0 Å². The van der Waals surface area contributed by atoms with Crippen molar-refractivity contribution >= 4 is 0 Å². The molecule has 4 rings (SSSR count). The van der Waals surface area contributed by atoms with Crippen LogP contribution in [0.1, 0.15) is 41.4 Å². The second kappa shape index (κ2) is 5.57. The molecule has 2 aliphatic heterocycles. The average molecular weight is 313 g/mol. The number of ether oxygens (including phenoxy) is 2. The maximum absolute atomic E-state index is 5.54. The van der Waals surface area contributed by atoms with E-state index in [9.17, 15) is 0 Å². The van der Waals surface area contributed by atoms with Crippen molar-refractivity contribution in [2.75, 3.05) is 13.3 Å². The maximum Gasteiger partial charge on any atom is 0.231 e. The minimum atomic E-state index is 0.335. The second-order valence-electron chi connectivity index (χ2n) is 6.51. The lowest BCUT2D eigenvalue weighted by Crippen LogP contribution is -2.23. The van der Waals surface area contributed by atoms with Gasteiger partial charge in [-0.05, 0) is 50.9 Å². The molecule has 1 saturated heterocycles. The Labute approximate surface area is 136 Å². The summed E-state index contributed by atoms with van der Waals surface area (Å²) in [4.78, 5) is 2.56. The molecule has 0 N–H and O–H groups in total. The molecule has 0 aliphatic carbocycles. The van der Waals surface area contributed by atoms with Gasteiger partial charge in [0, 0.05) is 30.9 Å². The Bertz CT molecular complexity index is 738. The third-order valence-electron chi connectivity index (χ3n) is 5.17. The fourth-order valence-corrected chi connectivity index (χ4v) is 3.76. The van der Waals surface area contributed by atoms with Gasteiger partial charge in [0.1, 0.15) is 0 Å². The van der Waals surface area contributed by atoms with Crippen LogP contribution in [0.2, 0.25) is 0 Å². The number of benzene rings is 1. The molecule has 2 aromatic rings. The van der Waals surface area contributed by atoms with E-state index in [1.54, 1.807) is 0 Å². The smallest absolute Gasteiger partial charge is 0.231 e. The van der Waals surface area contributed by atoms with Gasteiger partial charge in [-0.2, -0.15) is 5.10 Å². The Balaban J connectivity index is 1.59. The highest BCUT2D eigenvalue weighted by Crippen LogP contribution is 2.39. The minimum Gasteiger partial charge on any atom is -0.454 e. The normalized spacial score (nSPS) is 20.4. The van der Waals surface area contributed by atoms with E-state index in [1.807, 2.05) is 17.8 Å². The number of aromatic nitrogens is 2. The molecular formula is C18H23N3O2. The van der Waals surface area contributed by atoms with Crippen molar-refractivity contribution < 1.29 is 9.47 Å². The van der Waals surface area contributed by atoms with E-state index in [0.29, 0.717) is 12.8 Å². The van der Waals surface area contributed by atoms with Crippen molar-refractivity contribution in [3.8, 4) is 11.5 Å². The summed E-state index contributed by atoms with van der Waals surface area (Å²) >= 11 is 0. The summed E-state index contributed by atoms with van der Waals surface area (Å²) < 4.78 is 12.9. The van der Waals surface area contributed by atoms with E-state index in [-0.39, 0.29) is 0 Å². The summed E-state index contributed by atoms with van der Waals surface area (Å²) in [6.45, 7) is 6.69. The first-order chi connectivity index (χ1) is 11.1. The summed E-state index contributed by atoms with van der Waals surface area (Å²) in [5.74, 6) is 1.74. The van der Waals surface area contributed by atoms with Crippen LogP contribution >= 0.6 is 0 Å². The molecule has 23 heavy (non-hydrogen) atoms. The monoisotopic (exact) mass is 313 g/mol. The Morgan fingerprint density at radius 2 is 2.04 bits per heavy atom. The molecule has 0 amide bonds. The van der Waals surface area contributed by atoms with Gasteiger partial charge in [-0.15, -0.1) is 0 Å². The molecule has 5 heteroatoms. The van der Waals surface area contributed by atoms with Crippen LogP contribution in [-0.2, 0) is 13.6 Å². The summed E-state index contributed by atoms with van der Waals surface area (Å²) in [6.07, 6.45) is 2.43. The van der Waals surface area contributed by atoms with Crippen LogP contribution in [0.3, 0.4) is 0 Å². The number of likely N-dealkylation sites (tertiary alicyclic amines) is 1. The highest BCUT2D eigenvalue weighted by atomic mass is 16.7. The lowest BCUT2D eigenvalue weighted by molar-refractivity contribution is 0.173. The van der Waals surface area contributed by atoms with Gasteiger partial charge in [0.15, 0.2) is 11.5 Å². The molecule has 0 radical (unpaired) electrons. The summed E-state index contributed by atoms with van der Waals surface area (Å²) in [6, 6.07) is 6.81. The topological polar surface area (TPSA) is 39.5 Å². The molecule has 122 valence electrons. The number of fused-ring (bicyclic) bond motifs is 1. The Morgan fingerprint density at radius 1 is 1.22 bits per heavy atom. The van der Waals surface area contributed by atoms with Crippen LogP contribution in [-0.4, -0.2) is 28.0 Å². The number of nitrogens with zero attached hydrogens (tertiary/aromatic N) is 3. The molecule has 0 saturated carbocycles. The predicted molar refractivity (Wildman–Crippen MR) is 87.6 cm³/mol. The van der Waals surface area contributed by atoms with Gasteiger partial charge in [0.25, 0.3) is 0 Å². The molecule has 0 bridgehead atoms. The maximum atomic E-state index is 5.54. The number of hydrogen-bond acceptors (Lipinski definition) is 4. The van der Waals surface area contributed by atoms with Crippen LogP contribution in [0.4, 0.5) is 0 Å². The lowest BCUT2D eigenvalue weighted by Gasteiger charge is -2.25. The van der Waals surface area contributed by atoms with Crippen LogP contribution in [0, 0.1) is 13.8 Å². The van der Waals surface area contributed by atoms with Crippen molar-refractivity contribution in [2.45, 2.75) is 39.3 Å². The molecular weight excluding hydrogens is 290 g/mol. The van der Waals surface area contributed by atoms with Crippen molar-refractivity contribution in [3.63, 3.8) is 0 Å². The lowest BCUT2D eigenvalue weighted by atomic mass is 10.0. The Kier molecular flexibility index (Phi) is 3.53. The quantitative estimate of drug-likeness (QED) is 0.873. The van der Waals surface area contributed by atoms with Gasteiger partial charge in [0.2, 0.25) is 6.79 Å². The zero-order valence-electron chi connectivity index (χ0n) is 14.0. The van der Waals surface area contributed by atoms with Gasteiger partial charge in [-0.1, -0.05) is 6.07 Å². The third-order valence-corrected chi connectivity index (χ3v) is 5.17. The van der Waals surface area contributed by atoms with E-state index >= 15 is 0 Å². The van der Waals surface area contributed by atoms with E-state index in [2.05, 4.69) is 36.0 Å². The van der Waals surface area contributed by atoms with Gasteiger partial charge < -0.3 is 9.47 Å². The highest BCUT2D eigenvalue weighted by molar-refractivity contribution is 5.45. The standard InChI is InChI=1S/C18H23N3O2/c1-12-15(13(2)20(3)19-12)10-21-8-4-5-16(21)14-6-7-17-18(9-14)23-11-22-17/h6-7,9,16H,4-5,8,10-11H2,1-3H3/t16-/m1/s1. The first-order valence-electron chi connectivity index (χ1n) is 8.26. The zero-order chi connectivity index (χ0) is 16.0. The average Bonchev–Trinajstić information content (AvgIpc) is 3.23. The van der Waals surface area contributed by atoms with Crippen LogP contribution in [0.5, 0.6) is 11.5 Å². The highest BCUT2D eigenvalue weighted by Gasteiger charge is 2.28. The number of aryl methyl sites for hydroxylation is 2. The summed E-state index contributed by atoms with van der Waals surface area (Å²) in [7, 11) is 2.02. The first-order valence-corrected chi connectivity index (χ1v) is 8.26. The Hall–Kier alpha value is -2.01. The van der Waals surface area contributed by atoms with Crippen LogP contribution < -0.4 is 9.47 Å². The van der Waals surface area contributed by atoms with Gasteiger partial charge in [-0.25, -0.2) is 0 Å². The number of hydrogen-bond donors (Lipinski definition) is 0. The van der Waals surface area contributed by atoms with Gasteiger partial charge >= 0.3 is 0 Å². The molecule has 0 spiro atoms. The molecule has 1 atom stereocenters. The molecule has 2 aliphatic rings. The van der Waals surface area contributed by atoms with Crippen LogP contribution in [0.15, 0.2) is 18.2 Å².